The van der Waals surface area contributed by atoms with Crippen LogP contribution in [0.4, 0.5) is 5.82 Å². The molecule has 1 saturated carbocycles. The molecule has 0 unspecified atom stereocenters. The molecule has 2 fully saturated rings. The lowest BCUT2D eigenvalue weighted by atomic mass is 9.92. The van der Waals surface area contributed by atoms with Crippen molar-refractivity contribution in [3.8, 4) is 0 Å². The van der Waals surface area contributed by atoms with Crippen molar-refractivity contribution >= 4 is 11.7 Å². The summed E-state index contributed by atoms with van der Waals surface area (Å²) in [6.07, 6.45) is 5.73. The number of anilines is 1. The van der Waals surface area contributed by atoms with Crippen molar-refractivity contribution in [3.63, 3.8) is 0 Å². The minimum atomic E-state index is -0.274. The minimum absolute atomic E-state index is 0.217. The summed E-state index contributed by atoms with van der Waals surface area (Å²) < 4.78 is 0. The molecule has 130 valence electrons. The Morgan fingerprint density at radius 3 is 2.60 bits per heavy atom. The lowest BCUT2D eigenvalue weighted by Crippen LogP contribution is -2.47. The molecule has 1 aromatic heterocycles. The Hall–Kier alpha value is -2.36. The van der Waals surface area contributed by atoms with E-state index in [-0.39, 0.29) is 17.4 Å². The van der Waals surface area contributed by atoms with E-state index in [4.69, 9.17) is 0 Å². The molecule has 4 rings (SSSR count). The van der Waals surface area contributed by atoms with Crippen LogP contribution >= 0.6 is 0 Å². The number of aromatic nitrogens is 1. The van der Waals surface area contributed by atoms with Gasteiger partial charge in [-0.05, 0) is 50.3 Å². The molecule has 2 aromatic rings. The van der Waals surface area contributed by atoms with Crippen LogP contribution in [0, 0.1) is 6.92 Å². The van der Waals surface area contributed by atoms with Gasteiger partial charge >= 0.3 is 0 Å². The molecule has 0 radical (unpaired) electrons. The summed E-state index contributed by atoms with van der Waals surface area (Å²) in [4.78, 5) is 19.6. The molecule has 2 heterocycles. The maximum absolute atomic E-state index is 12.9. The number of hydrogen-bond donors (Lipinski definition) is 1. The van der Waals surface area contributed by atoms with Gasteiger partial charge in [-0.15, -0.1) is 0 Å². The predicted molar refractivity (Wildman–Crippen MR) is 99.7 cm³/mol. The Kier molecular flexibility index (Phi) is 4.20. The summed E-state index contributed by atoms with van der Waals surface area (Å²) in [6, 6.07) is 14.7. The highest BCUT2D eigenvalue weighted by Crippen LogP contribution is 2.48. The van der Waals surface area contributed by atoms with E-state index < -0.39 is 0 Å². The first-order valence-electron chi connectivity index (χ1n) is 9.21. The standard InChI is InChI=1S/C21H25N3O/c1-16-5-4-6-17(15-16)21(10-11-21)20(25)23-18-8-13-24(14-9-18)19-7-2-3-12-22-19/h2-7,12,15,18H,8-11,13-14H2,1H3,(H,23,25). The number of hydrogen-bond acceptors (Lipinski definition) is 3. The van der Waals surface area contributed by atoms with Crippen LogP contribution < -0.4 is 10.2 Å². The molecule has 25 heavy (non-hydrogen) atoms. The Balaban J connectivity index is 1.36. The van der Waals surface area contributed by atoms with E-state index in [0.717, 1.165) is 44.6 Å². The van der Waals surface area contributed by atoms with Gasteiger partial charge in [0.2, 0.25) is 5.91 Å². The third kappa shape index (κ3) is 3.26. The van der Waals surface area contributed by atoms with E-state index >= 15 is 0 Å². The van der Waals surface area contributed by atoms with Crippen LogP contribution in [0.15, 0.2) is 48.7 Å². The van der Waals surface area contributed by atoms with Crippen molar-refractivity contribution in [2.75, 3.05) is 18.0 Å². The van der Waals surface area contributed by atoms with E-state index in [0.29, 0.717) is 0 Å². The molecule has 4 nitrogen and oxygen atoms in total. The first kappa shape index (κ1) is 16.1. The number of pyridine rings is 1. The minimum Gasteiger partial charge on any atom is -0.356 e. The van der Waals surface area contributed by atoms with Crippen molar-refractivity contribution < 1.29 is 4.79 Å². The molecule has 1 N–H and O–H groups in total. The van der Waals surface area contributed by atoms with Gasteiger partial charge in [-0.2, -0.15) is 0 Å². The van der Waals surface area contributed by atoms with Gasteiger partial charge in [0.25, 0.3) is 0 Å². The van der Waals surface area contributed by atoms with E-state index in [1.54, 1.807) is 0 Å². The summed E-state index contributed by atoms with van der Waals surface area (Å²) in [5.74, 6) is 1.25. The predicted octanol–water partition coefficient (Wildman–Crippen LogP) is 3.21. The Morgan fingerprint density at radius 2 is 1.96 bits per heavy atom. The topological polar surface area (TPSA) is 45.2 Å². The maximum Gasteiger partial charge on any atom is 0.230 e. The molecule has 0 atom stereocenters. The number of benzene rings is 1. The quantitative estimate of drug-likeness (QED) is 0.933. The SMILES string of the molecule is Cc1cccc(C2(C(=O)NC3CCN(c4ccccn4)CC3)CC2)c1. The number of carbonyl (C=O) groups is 1. The molecule has 1 aliphatic heterocycles. The third-order valence-electron chi connectivity index (χ3n) is 5.56. The summed E-state index contributed by atoms with van der Waals surface area (Å²) in [5, 5.41) is 3.33. The number of nitrogens with zero attached hydrogens (tertiary/aromatic N) is 2. The van der Waals surface area contributed by atoms with Crippen LogP contribution in [0.25, 0.3) is 0 Å². The Labute approximate surface area is 149 Å². The van der Waals surface area contributed by atoms with Gasteiger partial charge < -0.3 is 10.2 Å². The molecule has 4 heteroatoms. The monoisotopic (exact) mass is 335 g/mol. The number of nitrogens with one attached hydrogen (secondary N) is 1. The first-order valence-corrected chi connectivity index (χ1v) is 9.21. The second kappa shape index (κ2) is 6.51. The summed E-state index contributed by atoms with van der Waals surface area (Å²) in [7, 11) is 0. The van der Waals surface area contributed by atoms with Crippen LogP contribution in [0.1, 0.15) is 36.8 Å². The maximum atomic E-state index is 12.9. The van der Waals surface area contributed by atoms with E-state index in [1.807, 2.05) is 18.3 Å². The van der Waals surface area contributed by atoms with E-state index in [2.05, 4.69) is 52.5 Å². The van der Waals surface area contributed by atoms with Gasteiger partial charge in [0.05, 0.1) is 5.41 Å². The first-order chi connectivity index (χ1) is 12.2. The van der Waals surface area contributed by atoms with Crippen molar-refractivity contribution in [1.29, 1.82) is 0 Å². The van der Waals surface area contributed by atoms with Crippen LogP contribution in [0.2, 0.25) is 0 Å². The molecule has 1 amide bonds. The van der Waals surface area contributed by atoms with Gasteiger partial charge in [-0.25, -0.2) is 4.98 Å². The van der Waals surface area contributed by atoms with Gasteiger partial charge in [0.1, 0.15) is 5.82 Å². The zero-order chi connectivity index (χ0) is 17.3. The fraction of sp³-hybridized carbons (Fsp3) is 0.429. The lowest BCUT2D eigenvalue weighted by molar-refractivity contribution is -0.124. The Bertz CT molecular complexity index is 747. The number of rotatable bonds is 4. The highest BCUT2D eigenvalue weighted by molar-refractivity contribution is 5.91. The third-order valence-corrected chi connectivity index (χ3v) is 5.56. The van der Waals surface area contributed by atoms with Crippen LogP contribution in [-0.4, -0.2) is 30.0 Å². The fourth-order valence-electron chi connectivity index (χ4n) is 3.83. The highest BCUT2D eigenvalue weighted by atomic mass is 16.2. The van der Waals surface area contributed by atoms with Crippen molar-refractivity contribution in [1.82, 2.24) is 10.3 Å². The molecule has 0 bridgehead atoms. The summed E-state index contributed by atoms with van der Waals surface area (Å²) in [6.45, 7) is 3.98. The van der Waals surface area contributed by atoms with E-state index in [9.17, 15) is 4.79 Å². The Morgan fingerprint density at radius 1 is 1.16 bits per heavy atom. The molecular formula is C21H25N3O. The highest BCUT2D eigenvalue weighted by Gasteiger charge is 2.51. The van der Waals surface area contributed by atoms with E-state index in [1.165, 1.54) is 11.1 Å². The second-order valence-corrected chi connectivity index (χ2v) is 7.37. The molecule has 0 spiro atoms. The van der Waals surface area contributed by atoms with Crippen LogP contribution in [-0.2, 0) is 10.2 Å². The average molecular weight is 335 g/mol. The zero-order valence-corrected chi connectivity index (χ0v) is 14.7. The second-order valence-electron chi connectivity index (χ2n) is 7.37. The average Bonchev–Trinajstić information content (AvgIpc) is 3.45. The van der Waals surface area contributed by atoms with Gasteiger partial charge in [-0.3, -0.25) is 4.79 Å². The molecule has 1 saturated heterocycles. The summed E-state index contributed by atoms with van der Waals surface area (Å²) >= 11 is 0. The number of amides is 1. The van der Waals surface area contributed by atoms with Crippen LogP contribution in [0.5, 0.6) is 0 Å². The summed E-state index contributed by atoms with van der Waals surface area (Å²) in [5.41, 5.74) is 2.13. The zero-order valence-electron chi connectivity index (χ0n) is 14.7. The lowest BCUT2D eigenvalue weighted by Gasteiger charge is -2.34. The van der Waals surface area contributed by atoms with Crippen molar-refractivity contribution in [2.45, 2.75) is 44.1 Å². The molecule has 1 aliphatic carbocycles. The fourth-order valence-corrected chi connectivity index (χ4v) is 3.83. The number of carbonyl (C=O) groups excluding carboxylic acids is 1. The molecule has 2 aliphatic rings. The largest absolute Gasteiger partial charge is 0.356 e. The molecule has 1 aromatic carbocycles. The van der Waals surface area contributed by atoms with Gasteiger partial charge in [0.15, 0.2) is 0 Å². The van der Waals surface area contributed by atoms with Crippen molar-refractivity contribution in [3.05, 3.63) is 59.8 Å². The van der Waals surface area contributed by atoms with Crippen LogP contribution in [0.3, 0.4) is 0 Å². The van der Waals surface area contributed by atoms with Gasteiger partial charge in [-0.1, -0.05) is 35.9 Å². The normalized spacial score (nSPS) is 19.5. The smallest absolute Gasteiger partial charge is 0.230 e. The number of aryl methyl sites for hydroxylation is 1. The molecular weight excluding hydrogens is 310 g/mol. The van der Waals surface area contributed by atoms with Gasteiger partial charge in [0, 0.05) is 25.3 Å². The number of piperidine rings is 1. The van der Waals surface area contributed by atoms with Crippen molar-refractivity contribution in [2.24, 2.45) is 0 Å².